The molecule has 0 aromatic heterocycles. The van der Waals surface area contributed by atoms with Crippen molar-refractivity contribution in [3.63, 3.8) is 0 Å². The molecule has 3 nitrogen and oxygen atoms in total. The summed E-state index contributed by atoms with van der Waals surface area (Å²) in [5.74, 6) is 0. The Bertz CT molecular complexity index is 373. The molecule has 2 rings (SSSR count). The third-order valence-electron chi connectivity index (χ3n) is 2.90. The lowest BCUT2D eigenvalue weighted by molar-refractivity contribution is 0.452. The van der Waals surface area contributed by atoms with Crippen molar-refractivity contribution in [3.05, 3.63) is 40.8 Å². The van der Waals surface area contributed by atoms with Gasteiger partial charge in [0.25, 0.3) is 0 Å². The highest BCUT2D eigenvalue weighted by Crippen LogP contribution is 2.35. The molecule has 16 heavy (non-hydrogen) atoms. The maximum Gasteiger partial charge on any atom is 0.0496 e. The van der Waals surface area contributed by atoms with Crippen LogP contribution in [0.4, 0.5) is 0 Å². The summed E-state index contributed by atoms with van der Waals surface area (Å²) in [6, 6.07) is 10.5. The first-order chi connectivity index (χ1) is 7.90. The van der Waals surface area contributed by atoms with E-state index >= 15 is 0 Å². The van der Waals surface area contributed by atoms with Crippen LogP contribution in [0.25, 0.3) is 10.4 Å². The Hall–Kier alpha value is -1.12. The SMILES string of the molecule is [N-]=[N+]=N[C@@H]1CCCC[C@H]1Sc1ccccc1. The van der Waals surface area contributed by atoms with Gasteiger partial charge in [0.2, 0.25) is 0 Å². The van der Waals surface area contributed by atoms with E-state index in [-0.39, 0.29) is 6.04 Å². The van der Waals surface area contributed by atoms with Crippen LogP contribution >= 0.6 is 11.8 Å². The Morgan fingerprint density at radius 1 is 1.19 bits per heavy atom. The normalized spacial score (nSPS) is 24.8. The van der Waals surface area contributed by atoms with Gasteiger partial charge in [-0.1, -0.05) is 36.2 Å². The number of benzene rings is 1. The molecule has 0 aliphatic heterocycles. The summed E-state index contributed by atoms with van der Waals surface area (Å²) < 4.78 is 0. The zero-order valence-corrected chi connectivity index (χ0v) is 9.94. The second-order valence-corrected chi connectivity index (χ2v) is 5.34. The van der Waals surface area contributed by atoms with E-state index < -0.39 is 0 Å². The predicted molar refractivity (Wildman–Crippen MR) is 67.5 cm³/mol. The van der Waals surface area contributed by atoms with Gasteiger partial charge < -0.3 is 0 Å². The summed E-state index contributed by atoms with van der Waals surface area (Å²) in [4.78, 5) is 4.23. The van der Waals surface area contributed by atoms with Crippen molar-refractivity contribution in [3.8, 4) is 0 Å². The van der Waals surface area contributed by atoms with Crippen molar-refractivity contribution in [1.82, 2.24) is 0 Å². The fourth-order valence-corrected chi connectivity index (χ4v) is 3.38. The van der Waals surface area contributed by atoms with E-state index in [1.807, 2.05) is 30.0 Å². The van der Waals surface area contributed by atoms with Gasteiger partial charge in [-0.15, -0.1) is 11.8 Å². The van der Waals surface area contributed by atoms with Crippen molar-refractivity contribution in [2.75, 3.05) is 0 Å². The molecule has 1 saturated carbocycles. The minimum absolute atomic E-state index is 0.170. The zero-order valence-electron chi connectivity index (χ0n) is 9.12. The van der Waals surface area contributed by atoms with Gasteiger partial charge >= 0.3 is 0 Å². The van der Waals surface area contributed by atoms with Crippen LogP contribution in [0.1, 0.15) is 25.7 Å². The second-order valence-electron chi connectivity index (χ2n) is 4.03. The van der Waals surface area contributed by atoms with Crippen molar-refractivity contribution in [2.24, 2.45) is 5.11 Å². The molecule has 0 spiro atoms. The summed E-state index contributed by atoms with van der Waals surface area (Å²) in [6.07, 6.45) is 4.63. The first-order valence-electron chi connectivity index (χ1n) is 5.66. The summed E-state index contributed by atoms with van der Waals surface area (Å²) in [5.41, 5.74) is 8.55. The van der Waals surface area contributed by atoms with Crippen LogP contribution in [0.3, 0.4) is 0 Å². The Balaban J connectivity index is 2.04. The number of azide groups is 1. The van der Waals surface area contributed by atoms with E-state index in [1.54, 1.807) is 0 Å². The van der Waals surface area contributed by atoms with E-state index in [2.05, 4.69) is 22.2 Å². The molecule has 4 heteroatoms. The van der Waals surface area contributed by atoms with Crippen molar-refractivity contribution in [2.45, 2.75) is 41.9 Å². The molecule has 84 valence electrons. The highest BCUT2D eigenvalue weighted by molar-refractivity contribution is 8.00. The first-order valence-corrected chi connectivity index (χ1v) is 6.54. The average molecular weight is 233 g/mol. The molecule has 1 fully saturated rings. The smallest absolute Gasteiger partial charge is 0.0496 e. The van der Waals surface area contributed by atoms with Gasteiger partial charge in [0.05, 0.1) is 0 Å². The van der Waals surface area contributed by atoms with Crippen LogP contribution in [0.5, 0.6) is 0 Å². The van der Waals surface area contributed by atoms with E-state index in [0.717, 1.165) is 12.8 Å². The highest BCUT2D eigenvalue weighted by Gasteiger charge is 2.24. The molecular weight excluding hydrogens is 218 g/mol. The Morgan fingerprint density at radius 2 is 1.94 bits per heavy atom. The molecular formula is C12H15N3S. The first kappa shape index (κ1) is 11.4. The van der Waals surface area contributed by atoms with Gasteiger partial charge in [-0.05, 0) is 30.5 Å². The lowest BCUT2D eigenvalue weighted by Crippen LogP contribution is -2.24. The van der Waals surface area contributed by atoms with Crippen LogP contribution in [0, 0.1) is 0 Å². The molecule has 1 aromatic carbocycles. The van der Waals surface area contributed by atoms with Crippen molar-refractivity contribution in [1.29, 1.82) is 0 Å². The van der Waals surface area contributed by atoms with Crippen LogP contribution < -0.4 is 0 Å². The highest BCUT2D eigenvalue weighted by atomic mass is 32.2. The molecule has 0 saturated heterocycles. The van der Waals surface area contributed by atoms with Gasteiger partial charge in [-0.2, -0.15) is 0 Å². The Morgan fingerprint density at radius 3 is 2.69 bits per heavy atom. The van der Waals surface area contributed by atoms with Crippen LogP contribution in [-0.2, 0) is 0 Å². The predicted octanol–water partition coefficient (Wildman–Crippen LogP) is 4.40. The van der Waals surface area contributed by atoms with Crippen molar-refractivity contribution >= 4 is 11.8 Å². The topological polar surface area (TPSA) is 48.8 Å². The quantitative estimate of drug-likeness (QED) is 0.433. The average Bonchev–Trinajstić information content (AvgIpc) is 2.33. The summed E-state index contributed by atoms with van der Waals surface area (Å²) in [6.45, 7) is 0. The van der Waals surface area contributed by atoms with Gasteiger partial charge in [0, 0.05) is 21.1 Å². The lowest BCUT2D eigenvalue weighted by atomic mass is 9.96. The van der Waals surface area contributed by atoms with Crippen LogP contribution in [-0.4, -0.2) is 11.3 Å². The standard InChI is InChI=1S/C12H15N3S/c13-15-14-11-8-4-5-9-12(11)16-10-6-2-1-3-7-10/h1-3,6-7,11-12H,4-5,8-9H2/t11-,12-/m1/s1. The minimum atomic E-state index is 0.170. The van der Waals surface area contributed by atoms with Gasteiger partial charge in [-0.3, -0.25) is 0 Å². The third-order valence-corrected chi connectivity index (χ3v) is 4.30. The molecule has 1 aliphatic rings. The Kier molecular flexibility index (Phi) is 4.14. The van der Waals surface area contributed by atoms with Crippen LogP contribution in [0.2, 0.25) is 0 Å². The molecule has 1 aromatic rings. The maximum absolute atomic E-state index is 8.55. The van der Waals surface area contributed by atoms with Crippen LogP contribution in [0.15, 0.2) is 40.3 Å². The monoisotopic (exact) mass is 233 g/mol. The van der Waals surface area contributed by atoms with E-state index in [4.69, 9.17) is 5.53 Å². The molecule has 2 atom stereocenters. The van der Waals surface area contributed by atoms with Crippen molar-refractivity contribution < 1.29 is 0 Å². The number of thioether (sulfide) groups is 1. The minimum Gasteiger partial charge on any atom is -0.122 e. The summed E-state index contributed by atoms with van der Waals surface area (Å²) >= 11 is 1.85. The molecule has 0 bridgehead atoms. The van der Waals surface area contributed by atoms with E-state index in [9.17, 15) is 0 Å². The molecule has 0 N–H and O–H groups in total. The number of rotatable bonds is 3. The number of nitrogens with zero attached hydrogens (tertiary/aromatic N) is 3. The second kappa shape index (κ2) is 5.83. The van der Waals surface area contributed by atoms with Gasteiger partial charge in [0.1, 0.15) is 0 Å². The number of hydrogen-bond donors (Lipinski definition) is 0. The van der Waals surface area contributed by atoms with Gasteiger partial charge in [-0.25, -0.2) is 0 Å². The maximum atomic E-state index is 8.55. The van der Waals surface area contributed by atoms with E-state index in [1.165, 1.54) is 17.7 Å². The molecule has 0 heterocycles. The Labute approximate surface area is 99.9 Å². The zero-order chi connectivity index (χ0) is 11.2. The summed E-state index contributed by atoms with van der Waals surface area (Å²) in [7, 11) is 0. The summed E-state index contributed by atoms with van der Waals surface area (Å²) in [5, 5.41) is 4.37. The fraction of sp³-hybridized carbons (Fsp3) is 0.500. The van der Waals surface area contributed by atoms with E-state index in [0.29, 0.717) is 5.25 Å². The molecule has 0 radical (unpaired) electrons. The molecule has 0 unspecified atom stereocenters. The fourth-order valence-electron chi connectivity index (χ4n) is 2.09. The largest absolute Gasteiger partial charge is 0.122 e. The molecule has 1 aliphatic carbocycles. The lowest BCUT2D eigenvalue weighted by Gasteiger charge is -2.27. The third kappa shape index (κ3) is 2.94. The molecule has 0 amide bonds. The van der Waals surface area contributed by atoms with Gasteiger partial charge in [0.15, 0.2) is 0 Å². The number of hydrogen-bond acceptors (Lipinski definition) is 2.